The first-order valence-electron chi connectivity index (χ1n) is 3.99. The minimum atomic E-state index is -0.323. The van der Waals surface area contributed by atoms with Crippen LogP contribution in [0.25, 0.3) is 0 Å². The number of nitrogens with one attached hydrogen (secondary N) is 1. The lowest BCUT2D eigenvalue weighted by atomic mass is 9.86. The molecule has 2 N–H and O–H groups in total. The molecule has 0 aromatic rings. The topological polar surface area (TPSA) is 53.3 Å². The molecule has 0 saturated heterocycles. The number of hydrogen-bond donors (Lipinski definition) is 2. The Hall–Kier alpha value is -0.410. The Kier molecular flexibility index (Phi) is 3.02. The van der Waals surface area contributed by atoms with Crippen LogP contribution in [0.1, 0.15) is 19.3 Å². The predicted octanol–water partition coefficient (Wildman–Crippen LogP) is 0.812. The summed E-state index contributed by atoms with van der Waals surface area (Å²) in [5.74, 6) is 0.309. The molecule has 3 nitrogen and oxygen atoms in total. The van der Waals surface area contributed by atoms with E-state index >= 15 is 0 Å². The molecule has 11 heavy (non-hydrogen) atoms. The van der Waals surface area contributed by atoms with E-state index in [1.807, 2.05) is 0 Å². The highest BCUT2D eigenvalue weighted by Gasteiger charge is 2.27. The van der Waals surface area contributed by atoms with Gasteiger partial charge in [0.05, 0.1) is 12.2 Å². The van der Waals surface area contributed by atoms with Gasteiger partial charge in [-0.3, -0.25) is 0 Å². The molecule has 3 atom stereocenters. The molecular formula is C8H15NO2. The van der Waals surface area contributed by atoms with Crippen LogP contribution in [0.4, 0.5) is 0 Å². The van der Waals surface area contributed by atoms with Gasteiger partial charge in [0.2, 0.25) is 0 Å². The van der Waals surface area contributed by atoms with Crippen molar-refractivity contribution in [1.82, 2.24) is 0 Å². The van der Waals surface area contributed by atoms with Gasteiger partial charge in [0, 0.05) is 7.11 Å². The van der Waals surface area contributed by atoms with Crippen LogP contribution in [0, 0.1) is 11.3 Å². The first kappa shape index (κ1) is 8.68. The average molecular weight is 157 g/mol. The van der Waals surface area contributed by atoms with Crippen molar-refractivity contribution < 1.29 is 9.84 Å². The van der Waals surface area contributed by atoms with Gasteiger partial charge in [0.1, 0.15) is 0 Å². The number of aliphatic hydroxyl groups is 1. The van der Waals surface area contributed by atoms with Crippen molar-refractivity contribution in [3.8, 4) is 0 Å². The summed E-state index contributed by atoms with van der Waals surface area (Å²) < 4.78 is 5.08. The lowest BCUT2D eigenvalue weighted by Crippen LogP contribution is -2.35. The van der Waals surface area contributed by atoms with Crippen molar-refractivity contribution >= 4 is 6.21 Å². The van der Waals surface area contributed by atoms with E-state index in [9.17, 15) is 5.11 Å². The molecule has 1 rings (SSSR count). The van der Waals surface area contributed by atoms with Crippen molar-refractivity contribution in [1.29, 1.82) is 5.41 Å². The van der Waals surface area contributed by atoms with Crippen LogP contribution in [0.15, 0.2) is 0 Å². The highest BCUT2D eigenvalue weighted by molar-refractivity contribution is 5.57. The van der Waals surface area contributed by atoms with Crippen molar-refractivity contribution in [3.63, 3.8) is 0 Å². The van der Waals surface area contributed by atoms with Crippen LogP contribution in [0.3, 0.4) is 0 Å². The molecule has 0 aliphatic heterocycles. The summed E-state index contributed by atoms with van der Waals surface area (Å²) in [5, 5.41) is 16.4. The summed E-state index contributed by atoms with van der Waals surface area (Å²) in [5.41, 5.74) is 0. The maximum atomic E-state index is 9.38. The Morgan fingerprint density at radius 1 is 1.55 bits per heavy atom. The van der Waals surface area contributed by atoms with Crippen molar-refractivity contribution in [2.75, 3.05) is 7.11 Å². The smallest absolute Gasteiger partial charge is 0.0836 e. The van der Waals surface area contributed by atoms with E-state index in [1.165, 1.54) is 6.21 Å². The molecule has 3 unspecified atom stereocenters. The van der Waals surface area contributed by atoms with Gasteiger partial charge in [0.25, 0.3) is 0 Å². The van der Waals surface area contributed by atoms with E-state index in [1.54, 1.807) is 7.11 Å². The van der Waals surface area contributed by atoms with E-state index < -0.39 is 0 Å². The fraction of sp³-hybridized carbons (Fsp3) is 0.875. The first-order valence-corrected chi connectivity index (χ1v) is 3.99. The van der Waals surface area contributed by atoms with Crippen LogP contribution >= 0.6 is 0 Å². The van der Waals surface area contributed by atoms with E-state index in [-0.39, 0.29) is 12.2 Å². The van der Waals surface area contributed by atoms with Gasteiger partial charge in [-0.2, -0.15) is 0 Å². The lowest BCUT2D eigenvalue weighted by molar-refractivity contribution is -0.0424. The van der Waals surface area contributed by atoms with Gasteiger partial charge in [0.15, 0.2) is 0 Å². The molecule has 0 heterocycles. The van der Waals surface area contributed by atoms with E-state index in [2.05, 4.69) is 0 Å². The normalized spacial score (nSPS) is 38.5. The Morgan fingerprint density at radius 3 is 2.82 bits per heavy atom. The second kappa shape index (κ2) is 3.83. The third kappa shape index (κ3) is 2.01. The van der Waals surface area contributed by atoms with Crippen molar-refractivity contribution in [2.24, 2.45) is 5.92 Å². The third-order valence-electron chi connectivity index (χ3n) is 2.34. The van der Waals surface area contributed by atoms with Crippen molar-refractivity contribution in [3.05, 3.63) is 0 Å². The van der Waals surface area contributed by atoms with Crippen molar-refractivity contribution in [2.45, 2.75) is 31.5 Å². The van der Waals surface area contributed by atoms with Crippen LogP contribution < -0.4 is 0 Å². The van der Waals surface area contributed by atoms with Crippen LogP contribution in [0.5, 0.6) is 0 Å². The zero-order valence-corrected chi connectivity index (χ0v) is 6.79. The first-order chi connectivity index (χ1) is 5.27. The monoisotopic (exact) mass is 157 g/mol. The average Bonchev–Trinajstić information content (AvgIpc) is 2.05. The fourth-order valence-corrected chi connectivity index (χ4v) is 1.55. The zero-order valence-electron chi connectivity index (χ0n) is 6.79. The molecule has 0 radical (unpaired) electrons. The second-order valence-corrected chi connectivity index (χ2v) is 3.08. The molecule has 0 aromatic carbocycles. The van der Waals surface area contributed by atoms with Gasteiger partial charge in [-0.1, -0.05) is 0 Å². The molecule has 3 heteroatoms. The summed E-state index contributed by atoms with van der Waals surface area (Å²) >= 11 is 0. The van der Waals surface area contributed by atoms with Gasteiger partial charge in [-0.25, -0.2) is 0 Å². The Bertz CT molecular complexity index is 138. The summed E-state index contributed by atoms with van der Waals surface area (Å²) in [4.78, 5) is 0. The standard InChI is InChI=1S/C8H15NO2/c1-11-8-4-6(5-9)2-3-7(8)10/h5-10H,2-4H2,1H3. The number of rotatable bonds is 2. The molecule has 1 fully saturated rings. The summed E-state index contributed by atoms with van der Waals surface area (Å²) in [6, 6.07) is 0. The van der Waals surface area contributed by atoms with Gasteiger partial charge in [-0.15, -0.1) is 0 Å². The molecule has 0 aromatic heterocycles. The van der Waals surface area contributed by atoms with Crippen LogP contribution in [-0.2, 0) is 4.74 Å². The molecule has 64 valence electrons. The SMILES string of the molecule is COC1CC(C=N)CCC1O. The third-order valence-corrected chi connectivity index (χ3v) is 2.34. The predicted molar refractivity (Wildman–Crippen MR) is 42.9 cm³/mol. The number of hydrogen-bond acceptors (Lipinski definition) is 3. The minimum absolute atomic E-state index is 0.0599. The van der Waals surface area contributed by atoms with Gasteiger partial charge >= 0.3 is 0 Å². The number of ether oxygens (including phenoxy) is 1. The Labute approximate surface area is 66.9 Å². The van der Waals surface area contributed by atoms with Crippen LogP contribution in [0.2, 0.25) is 0 Å². The molecule has 0 bridgehead atoms. The lowest BCUT2D eigenvalue weighted by Gasteiger charge is -2.30. The summed E-state index contributed by atoms with van der Waals surface area (Å²) in [6.07, 6.45) is 3.55. The molecule has 0 amide bonds. The quantitative estimate of drug-likeness (QED) is 0.583. The Balaban J connectivity index is 2.43. The molecular weight excluding hydrogens is 142 g/mol. The van der Waals surface area contributed by atoms with Gasteiger partial charge < -0.3 is 15.3 Å². The van der Waals surface area contributed by atoms with E-state index in [0.29, 0.717) is 5.92 Å². The highest BCUT2D eigenvalue weighted by Crippen LogP contribution is 2.24. The zero-order chi connectivity index (χ0) is 8.27. The maximum absolute atomic E-state index is 9.38. The molecule has 1 aliphatic carbocycles. The second-order valence-electron chi connectivity index (χ2n) is 3.08. The molecule has 1 aliphatic rings. The summed E-state index contributed by atoms with van der Waals surface area (Å²) in [6.45, 7) is 0. The van der Waals surface area contributed by atoms with Crippen LogP contribution in [-0.4, -0.2) is 30.6 Å². The number of aliphatic hydroxyl groups excluding tert-OH is 1. The maximum Gasteiger partial charge on any atom is 0.0836 e. The fourth-order valence-electron chi connectivity index (χ4n) is 1.55. The largest absolute Gasteiger partial charge is 0.390 e. The minimum Gasteiger partial charge on any atom is -0.390 e. The number of methoxy groups -OCH3 is 1. The summed E-state index contributed by atoms with van der Waals surface area (Å²) in [7, 11) is 1.61. The van der Waals surface area contributed by atoms with E-state index in [0.717, 1.165) is 19.3 Å². The van der Waals surface area contributed by atoms with Gasteiger partial charge in [-0.05, 0) is 31.4 Å². The highest BCUT2D eigenvalue weighted by atomic mass is 16.5. The molecule has 0 spiro atoms. The van der Waals surface area contributed by atoms with E-state index in [4.69, 9.17) is 10.1 Å². The Morgan fingerprint density at radius 2 is 2.27 bits per heavy atom. The molecule has 1 saturated carbocycles.